The zero-order valence-corrected chi connectivity index (χ0v) is 8.65. The molecule has 0 aromatic rings. The number of rotatable bonds is 2. The largest absolute Gasteiger partial charge is 0.464 e. The van der Waals surface area contributed by atoms with E-state index in [2.05, 4.69) is 0 Å². The van der Waals surface area contributed by atoms with Gasteiger partial charge in [0.2, 0.25) is 0 Å². The number of ether oxygens (including phenoxy) is 1. The highest BCUT2D eigenvalue weighted by atomic mass is 35.5. The van der Waals surface area contributed by atoms with Crippen molar-refractivity contribution in [1.82, 2.24) is 0 Å². The molecule has 0 amide bonds. The van der Waals surface area contributed by atoms with Crippen molar-refractivity contribution in [2.24, 2.45) is 11.8 Å². The first kappa shape index (κ1) is 10.1. The van der Waals surface area contributed by atoms with E-state index < -0.39 is 4.87 Å². The van der Waals surface area contributed by atoms with Crippen molar-refractivity contribution in [2.45, 2.75) is 18.7 Å². The van der Waals surface area contributed by atoms with Gasteiger partial charge in [0.05, 0.1) is 6.61 Å². The highest BCUT2D eigenvalue weighted by Crippen LogP contribution is 2.40. The van der Waals surface area contributed by atoms with Crippen LogP contribution in [0.1, 0.15) is 13.8 Å². The minimum absolute atomic E-state index is 0.0536. The third kappa shape index (κ3) is 1.31. The smallest absolute Gasteiger partial charge is 0.327 e. The molecule has 0 bridgehead atoms. The monoisotopic (exact) mass is 210 g/mol. The van der Waals surface area contributed by atoms with Crippen LogP contribution in [0.25, 0.3) is 0 Å². The number of carbonyl (C=O) groups excluding carboxylic acids is 1. The fourth-order valence-corrected chi connectivity index (χ4v) is 2.04. The van der Waals surface area contributed by atoms with Gasteiger partial charge in [-0.1, -0.05) is 13.8 Å². The van der Waals surface area contributed by atoms with Gasteiger partial charge in [-0.3, -0.25) is 4.79 Å². The molecule has 2 atom stereocenters. The molecule has 2 nitrogen and oxygen atoms in total. The van der Waals surface area contributed by atoms with Gasteiger partial charge in [-0.15, -0.1) is 23.2 Å². The molecule has 1 fully saturated rings. The predicted octanol–water partition coefficient (Wildman–Crippen LogP) is 2.03. The molecule has 1 rings (SSSR count). The van der Waals surface area contributed by atoms with Crippen LogP contribution in [0.5, 0.6) is 0 Å². The number of halogens is 2. The van der Waals surface area contributed by atoms with E-state index in [1.807, 2.05) is 13.8 Å². The lowest BCUT2D eigenvalue weighted by Gasteiger charge is -2.26. The summed E-state index contributed by atoms with van der Waals surface area (Å²) in [6.07, 6.45) is 0. The number of cyclic esters (lactones) is 1. The Morgan fingerprint density at radius 2 is 2.33 bits per heavy atom. The summed E-state index contributed by atoms with van der Waals surface area (Å²) in [4.78, 5) is 10.4. The Bertz CT molecular complexity index is 193. The molecule has 0 radical (unpaired) electrons. The van der Waals surface area contributed by atoms with E-state index >= 15 is 0 Å². The fourth-order valence-electron chi connectivity index (χ4n) is 1.44. The Balaban J connectivity index is 2.88. The van der Waals surface area contributed by atoms with Gasteiger partial charge >= 0.3 is 5.97 Å². The van der Waals surface area contributed by atoms with Gasteiger partial charge in [-0.2, -0.15) is 0 Å². The molecule has 1 heterocycles. The van der Waals surface area contributed by atoms with Gasteiger partial charge in [0.1, 0.15) is 0 Å². The molecule has 4 heteroatoms. The Morgan fingerprint density at radius 3 is 2.67 bits per heavy atom. The molecular formula is C8H12Cl2O2. The molecule has 0 aromatic carbocycles. The van der Waals surface area contributed by atoms with Gasteiger partial charge < -0.3 is 4.74 Å². The van der Waals surface area contributed by atoms with Crippen molar-refractivity contribution in [3.63, 3.8) is 0 Å². The second kappa shape index (κ2) is 3.43. The fraction of sp³-hybridized carbons (Fsp3) is 0.875. The third-order valence-electron chi connectivity index (χ3n) is 2.35. The summed E-state index contributed by atoms with van der Waals surface area (Å²) < 4.78 is 4.88. The summed E-state index contributed by atoms with van der Waals surface area (Å²) >= 11 is 11.8. The van der Waals surface area contributed by atoms with E-state index in [0.29, 0.717) is 12.5 Å². The average molecular weight is 211 g/mol. The molecule has 0 N–H and O–H groups in total. The van der Waals surface area contributed by atoms with Crippen LogP contribution in [0.3, 0.4) is 0 Å². The van der Waals surface area contributed by atoms with Gasteiger partial charge in [-0.25, -0.2) is 0 Å². The van der Waals surface area contributed by atoms with Crippen LogP contribution in [0.4, 0.5) is 0 Å². The van der Waals surface area contributed by atoms with E-state index in [9.17, 15) is 4.79 Å². The van der Waals surface area contributed by atoms with Crippen LogP contribution in [-0.2, 0) is 9.53 Å². The molecule has 0 spiro atoms. The second-order valence-corrected chi connectivity index (χ2v) is 4.31. The topological polar surface area (TPSA) is 26.3 Å². The summed E-state index contributed by atoms with van der Waals surface area (Å²) in [6, 6.07) is 0. The Kier molecular flexibility index (Phi) is 2.89. The molecule has 70 valence electrons. The Labute approximate surface area is 82.2 Å². The quantitative estimate of drug-likeness (QED) is 0.516. The van der Waals surface area contributed by atoms with Crippen LogP contribution >= 0.6 is 23.2 Å². The van der Waals surface area contributed by atoms with Crippen LogP contribution in [0.2, 0.25) is 0 Å². The molecule has 1 saturated heterocycles. The summed E-state index contributed by atoms with van der Waals surface area (Å²) in [5, 5.41) is 0. The Hall–Kier alpha value is 0.0500. The zero-order valence-electron chi connectivity index (χ0n) is 7.14. The van der Waals surface area contributed by atoms with Crippen LogP contribution < -0.4 is 0 Å². The molecule has 0 saturated carbocycles. The number of hydrogen-bond donors (Lipinski definition) is 0. The van der Waals surface area contributed by atoms with Gasteiger partial charge in [0, 0.05) is 11.8 Å². The number of alkyl halides is 2. The highest BCUT2D eigenvalue weighted by Gasteiger charge is 2.52. The molecule has 0 aliphatic carbocycles. The minimum Gasteiger partial charge on any atom is -0.464 e. The lowest BCUT2D eigenvalue weighted by Crippen LogP contribution is -2.41. The molecule has 1 aliphatic heterocycles. The standard InChI is InChI=1S/C8H12Cl2O2/c1-5(2)8(10)6(3-9)4-12-7(8)11/h5-6H,3-4H2,1-2H3/t6-,8-/m1/s1. The van der Waals surface area contributed by atoms with Crippen LogP contribution in [0, 0.1) is 11.8 Å². The molecular weight excluding hydrogens is 199 g/mol. The first-order chi connectivity index (χ1) is 5.53. The van der Waals surface area contributed by atoms with E-state index in [0.717, 1.165) is 0 Å². The van der Waals surface area contributed by atoms with Gasteiger partial charge in [0.25, 0.3) is 0 Å². The lowest BCUT2D eigenvalue weighted by atomic mass is 9.86. The summed E-state index contributed by atoms with van der Waals surface area (Å²) in [5.74, 6) is 0.0315. The lowest BCUT2D eigenvalue weighted by molar-refractivity contribution is -0.141. The molecule has 0 aromatic heterocycles. The number of esters is 1. The van der Waals surface area contributed by atoms with Crippen molar-refractivity contribution < 1.29 is 9.53 Å². The van der Waals surface area contributed by atoms with E-state index in [4.69, 9.17) is 27.9 Å². The maximum atomic E-state index is 11.3. The number of carbonyl (C=O) groups is 1. The first-order valence-electron chi connectivity index (χ1n) is 3.95. The SMILES string of the molecule is CC(C)[C@]1(Cl)C(=O)OC[C@H]1CCl. The van der Waals surface area contributed by atoms with Gasteiger partial charge in [0.15, 0.2) is 4.87 Å². The molecule has 12 heavy (non-hydrogen) atoms. The Morgan fingerprint density at radius 1 is 1.75 bits per heavy atom. The van der Waals surface area contributed by atoms with Crippen molar-refractivity contribution >= 4 is 29.2 Å². The van der Waals surface area contributed by atoms with Crippen LogP contribution in [0.15, 0.2) is 0 Å². The summed E-state index contributed by atoms with van der Waals surface area (Å²) in [7, 11) is 0. The average Bonchev–Trinajstić information content (AvgIpc) is 2.30. The predicted molar refractivity (Wildman–Crippen MR) is 48.6 cm³/mol. The van der Waals surface area contributed by atoms with Crippen molar-refractivity contribution in [2.75, 3.05) is 12.5 Å². The highest BCUT2D eigenvalue weighted by molar-refractivity contribution is 6.35. The third-order valence-corrected chi connectivity index (χ3v) is 3.62. The molecule has 0 unspecified atom stereocenters. The normalized spacial score (nSPS) is 35.8. The first-order valence-corrected chi connectivity index (χ1v) is 4.86. The maximum absolute atomic E-state index is 11.3. The van der Waals surface area contributed by atoms with E-state index in [-0.39, 0.29) is 17.8 Å². The maximum Gasteiger partial charge on any atom is 0.327 e. The number of hydrogen-bond acceptors (Lipinski definition) is 2. The van der Waals surface area contributed by atoms with E-state index in [1.54, 1.807) is 0 Å². The summed E-state index contributed by atoms with van der Waals surface area (Å²) in [5.41, 5.74) is 0. The van der Waals surface area contributed by atoms with Crippen molar-refractivity contribution in [1.29, 1.82) is 0 Å². The van der Waals surface area contributed by atoms with Gasteiger partial charge in [-0.05, 0) is 5.92 Å². The zero-order chi connectivity index (χ0) is 9.35. The minimum atomic E-state index is -0.901. The van der Waals surface area contributed by atoms with Crippen molar-refractivity contribution in [3.8, 4) is 0 Å². The second-order valence-electron chi connectivity index (χ2n) is 3.37. The van der Waals surface area contributed by atoms with Crippen molar-refractivity contribution in [3.05, 3.63) is 0 Å². The molecule has 1 aliphatic rings. The van der Waals surface area contributed by atoms with Crippen LogP contribution in [-0.4, -0.2) is 23.3 Å². The summed E-state index contributed by atoms with van der Waals surface area (Å²) in [6.45, 7) is 4.16. The van der Waals surface area contributed by atoms with E-state index in [1.165, 1.54) is 0 Å².